The third-order valence-corrected chi connectivity index (χ3v) is 3.33. The molecule has 136 valence electrons. The van der Waals surface area contributed by atoms with E-state index in [1.807, 2.05) is 0 Å². The van der Waals surface area contributed by atoms with Gasteiger partial charge >= 0.3 is 5.69 Å². The average Bonchev–Trinajstić information content (AvgIpc) is 2.62. The van der Waals surface area contributed by atoms with Crippen LogP contribution in [0.15, 0.2) is 42.5 Å². The summed E-state index contributed by atoms with van der Waals surface area (Å²) >= 11 is 4.95. The Morgan fingerprint density at radius 2 is 2.00 bits per heavy atom. The molecule has 8 nitrogen and oxygen atoms in total. The number of nitrogens with zero attached hydrogens (tertiary/aromatic N) is 1. The lowest BCUT2D eigenvalue weighted by atomic mass is 10.2. The van der Waals surface area contributed by atoms with Crippen molar-refractivity contribution in [1.29, 1.82) is 0 Å². The highest BCUT2D eigenvalue weighted by Gasteiger charge is 2.18. The minimum Gasteiger partial charge on any atom is -0.487 e. The van der Waals surface area contributed by atoms with Crippen LogP contribution in [-0.4, -0.2) is 22.5 Å². The molecule has 0 aliphatic carbocycles. The fraction of sp³-hybridized carbons (Fsp3) is 0.125. The molecule has 1 amide bonds. The maximum Gasteiger partial charge on any atom is 0.311 e. The van der Waals surface area contributed by atoms with E-state index in [0.717, 1.165) is 6.07 Å². The van der Waals surface area contributed by atoms with Crippen LogP contribution in [0.1, 0.15) is 17.3 Å². The van der Waals surface area contributed by atoms with Crippen LogP contribution in [0.5, 0.6) is 5.75 Å². The molecular weight excluding hydrogens is 363 g/mol. The van der Waals surface area contributed by atoms with Crippen molar-refractivity contribution >= 4 is 34.6 Å². The summed E-state index contributed by atoms with van der Waals surface area (Å²) in [5.74, 6) is -1.10. The third kappa shape index (κ3) is 4.86. The van der Waals surface area contributed by atoms with Gasteiger partial charge in [0.2, 0.25) is 0 Å². The molecular formula is C16H15FN4O4S. The van der Waals surface area contributed by atoms with E-state index >= 15 is 0 Å². The first-order valence-corrected chi connectivity index (χ1v) is 7.86. The van der Waals surface area contributed by atoms with Gasteiger partial charge in [0.25, 0.3) is 5.91 Å². The van der Waals surface area contributed by atoms with Crippen LogP contribution in [-0.2, 0) is 0 Å². The number of hydrazine groups is 1. The number of anilines is 1. The fourth-order valence-electron chi connectivity index (χ4n) is 1.98. The van der Waals surface area contributed by atoms with Gasteiger partial charge in [0, 0.05) is 11.6 Å². The number of nitro groups is 1. The highest BCUT2D eigenvalue weighted by molar-refractivity contribution is 7.80. The van der Waals surface area contributed by atoms with E-state index in [9.17, 15) is 19.3 Å². The number of hydrogen-bond donors (Lipinski definition) is 3. The molecule has 0 saturated carbocycles. The molecule has 0 atom stereocenters. The van der Waals surface area contributed by atoms with E-state index in [4.69, 9.17) is 17.0 Å². The number of hydrogen-bond acceptors (Lipinski definition) is 5. The number of amides is 1. The van der Waals surface area contributed by atoms with Gasteiger partial charge < -0.3 is 10.1 Å². The molecule has 2 aromatic rings. The van der Waals surface area contributed by atoms with E-state index in [0.29, 0.717) is 0 Å². The van der Waals surface area contributed by atoms with Crippen molar-refractivity contribution < 1.29 is 18.8 Å². The predicted molar refractivity (Wildman–Crippen MR) is 97.5 cm³/mol. The number of benzene rings is 2. The fourth-order valence-corrected chi connectivity index (χ4v) is 2.14. The molecule has 26 heavy (non-hydrogen) atoms. The monoisotopic (exact) mass is 378 g/mol. The van der Waals surface area contributed by atoms with Gasteiger partial charge in [0.05, 0.1) is 17.2 Å². The molecule has 2 rings (SSSR count). The van der Waals surface area contributed by atoms with Gasteiger partial charge in [-0.2, -0.15) is 0 Å². The molecule has 0 bridgehead atoms. The van der Waals surface area contributed by atoms with Crippen molar-refractivity contribution in [1.82, 2.24) is 10.9 Å². The van der Waals surface area contributed by atoms with Crippen LogP contribution < -0.4 is 20.9 Å². The average molecular weight is 378 g/mol. The van der Waals surface area contributed by atoms with Crippen LogP contribution in [0.25, 0.3) is 0 Å². The van der Waals surface area contributed by atoms with E-state index in [1.165, 1.54) is 30.3 Å². The molecule has 0 unspecified atom stereocenters. The van der Waals surface area contributed by atoms with Crippen LogP contribution in [0.2, 0.25) is 0 Å². The molecule has 0 aromatic heterocycles. The smallest absolute Gasteiger partial charge is 0.311 e. The zero-order valence-corrected chi connectivity index (χ0v) is 14.4. The Kier molecular flexibility index (Phi) is 6.39. The summed E-state index contributed by atoms with van der Waals surface area (Å²) in [6.07, 6.45) is 0. The summed E-state index contributed by atoms with van der Waals surface area (Å²) in [4.78, 5) is 22.6. The zero-order chi connectivity index (χ0) is 19.1. The van der Waals surface area contributed by atoms with Gasteiger partial charge in [-0.05, 0) is 43.4 Å². The standard InChI is InChI=1S/C16H15FN4O4S/c1-2-25-14-8-7-10(9-13(14)21(23)24)15(22)19-20-16(26)18-12-6-4-3-5-11(12)17/h3-9H,2H2,1H3,(H,19,22)(H2,18,20,26). The van der Waals surface area contributed by atoms with Crippen LogP contribution in [0.3, 0.4) is 0 Å². The van der Waals surface area contributed by atoms with E-state index in [1.54, 1.807) is 13.0 Å². The minimum absolute atomic E-state index is 0.0290. The predicted octanol–water partition coefficient (Wildman–Crippen LogP) is 2.76. The molecule has 2 aromatic carbocycles. The molecule has 0 heterocycles. The molecule has 0 spiro atoms. The Morgan fingerprint density at radius 3 is 2.65 bits per heavy atom. The van der Waals surface area contributed by atoms with Crippen molar-refractivity contribution in [3.8, 4) is 5.75 Å². The molecule has 10 heteroatoms. The van der Waals surface area contributed by atoms with Crippen molar-refractivity contribution in [2.75, 3.05) is 11.9 Å². The first kappa shape index (κ1) is 19.1. The van der Waals surface area contributed by atoms with Crippen LogP contribution in [0.4, 0.5) is 15.8 Å². The lowest BCUT2D eigenvalue weighted by Gasteiger charge is -2.12. The second-order valence-electron chi connectivity index (χ2n) is 4.89. The molecule has 0 radical (unpaired) electrons. The third-order valence-electron chi connectivity index (χ3n) is 3.13. The summed E-state index contributed by atoms with van der Waals surface area (Å²) in [5.41, 5.74) is 4.51. The number of nitrogens with one attached hydrogen (secondary N) is 3. The normalized spacial score (nSPS) is 9.92. The Bertz CT molecular complexity index is 847. The maximum atomic E-state index is 13.5. The second-order valence-corrected chi connectivity index (χ2v) is 5.29. The summed E-state index contributed by atoms with van der Waals surface area (Å²) in [6.45, 7) is 1.95. The summed E-state index contributed by atoms with van der Waals surface area (Å²) < 4.78 is 18.7. The first-order chi connectivity index (χ1) is 12.4. The topological polar surface area (TPSA) is 106 Å². The summed E-state index contributed by atoms with van der Waals surface area (Å²) in [7, 11) is 0. The van der Waals surface area contributed by atoms with Crippen molar-refractivity contribution in [2.45, 2.75) is 6.92 Å². The van der Waals surface area contributed by atoms with Crippen molar-refractivity contribution in [3.05, 3.63) is 64.0 Å². The lowest BCUT2D eigenvalue weighted by molar-refractivity contribution is -0.385. The SMILES string of the molecule is CCOc1ccc(C(=O)NNC(=S)Nc2ccccc2F)cc1[N+](=O)[O-]. The Labute approximate surface area is 153 Å². The van der Waals surface area contributed by atoms with Gasteiger partial charge in [-0.25, -0.2) is 4.39 Å². The first-order valence-electron chi connectivity index (χ1n) is 7.45. The molecule has 3 N–H and O–H groups in total. The second kappa shape index (κ2) is 8.72. The number of carbonyl (C=O) groups excluding carboxylic acids is 1. The number of halogens is 1. The van der Waals surface area contributed by atoms with E-state index < -0.39 is 16.6 Å². The molecule has 0 aliphatic rings. The Morgan fingerprint density at radius 1 is 1.27 bits per heavy atom. The number of nitro benzene ring substituents is 1. The molecule has 0 saturated heterocycles. The molecule has 0 aliphatic heterocycles. The zero-order valence-electron chi connectivity index (χ0n) is 13.6. The van der Waals surface area contributed by atoms with Crippen LogP contribution in [0, 0.1) is 15.9 Å². The van der Waals surface area contributed by atoms with Crippen LogP contribution >= 0.6 is 12.2 Å². The van der Waals surface area contributed by atoms with Gasteiger partial charge in [-0.3, -0.25) is 25.8 Å². The van der Waals surface area contributed by atoms with E-state index in [-0.39, 0.29) is 34.4 Å². The number of para-hydroxylation sites is 1. The highest BCUT2D eigenvalue weighted by atomic mass is 32.1. The number of carbonyl (C=O) groups is 1. The van der Waals surface area contributed by atoms with Gasteiger partial charge in [0.1, 0.15) is 5.82 Å². The van der Waals surface area contributed by atoms with Crippen molar-refractivity contribution in [2.24, 2.45) is 0 Å². The number of rotatable bonds is 5. The minimum atomic E-state index is -0.658. The van der Waals surface area contributed by atoms with E-state index in [2.05, 4.69) is 16.2 Å². The van der Waals surface area contributed by atoms with Gasteiger partial charge in [-0.15, -0.1) is 0 Å². The van der Waals surface area contributed by atoms with Gasteiger partial charge in [-0.1, -0.05) is 12.1 Å². The number of thiocarbonyl (C=S) groups is 1. The Hall–Kier alpha value is -3.27. The highest BCUT2D eigenvalue weighted by Crippen LogP contribution is 2.27. The number of ether oxygens (including phenoxy) is 1. The Balaban J connectivity index is 2.01. The quantitative estimate of drug-likeness (QED) is 0.417. The summed E-state index contributed by atoms with van der Waals surface area (Å²) in [6, 6.07) is 9.68. The summed E-state index contributed by atoms with van der Waals surface area (Å²) in [5, 5.41) is 13.6. The van der Waals surface area contributed by atoms with Gasteiger partial charge in [0.15, 0.2) is 10.9 Å². The molecule has 0 fully saturated rings. The largest absolute Gasteiger partial charge is 0.487 e. The lowest BCUT2D eigenvalue weighted by Crippen LogP contribution is -2.43. The van der Waals surface area contributed by atoms with Crippen molar-refractivity contribution in [3.63, 3.8) is 0 Å². The maximum absolute atomic E-state index is 13.5.